The molecule has 268 valence electrons. The molecule has 4 aliphatic carbocycles. The van der Waals surface area contributed by atoms with E-state index in [1.807, 2.05) is 0 Å². The fourth-order valence-corrected chi connectivity index (χ4v) is 11.6. The first-order valence-electron chi connectivity index (χ1n) is 19.8. The molecule has 7 heteroatoms. The third-order valence-electron chi connectivity index (χ3n) is 13.9. The number of nitrogens with two attached hydrogens (primary N) is 1. The second kappa shape index (κ2) is 17.3. The van der Waals surface area contributed by atoms with Gasteiger partial charge in [-0.05, 0) is 190 Å². The van der Waals surface area contributed by atoms with Crippen molar-refractivity contribution in [1.82, 2.24) is 20.9 Å². The molecule has 4 rings (SSSR count). The lowest BCUT2D eigenvalue weighted by Crippen LogP contribution is -2.59. The summed E-state index contributed by atoms with van der Waals surface area (Å²) in [5.74, 6) is 3.94. The zero-order valence-corrected chi connectivity index (χ0v) is 31.1. The second-order valence-electron chi connectivity index (χ2n) is 17.3. The van der Waals surface area contributed by atoms with Crippen LogP contribution in [0.25, 0.3) is 0 Å². The minimum absolute atomic E-state index is 0.151. The van der Waals surface area contributed by atoms with E-state index in [1.54, 1.807) is 0 Å². The normalized spacial score (nSPS) is 36.4. The molecule has 7 nitrogen and oxygen atoms in total. The van der Waals surface area contributed by atoms with Gasteiger partial charge >= 0.3 is 0 Å². The number of nitrogens with zero attached hydrogens (tertiary/aromatic N) is 1. The van der Waals surface area contributed by atoms with Gasteiger partial charge in [-0.2, -0.15) is 0 Å². The fraction of sp³-hybridized carbons (Fsp3) is 0.974. The Morgan fingerprint density at radius 1 is 0.826 bits per heavy atom. The highest BCUT2D eigenvalue weighted by atomic mass is 16.3. The van der Waals surface area contributed by atoms with Gasteiger partial charge in [0, 0.05) is 24.5 Å². The molecule has 4 fully saturated rings. The van der Waals surface area contributed by atoms with Gasteiger partial charge in [-0.15, -0.1) is 0 Å². The molecule has 4 unspecified atom stereocenters. The summed E-state index contributed by atoms with van der Waals surface area (Å²) in [6, 6.07) is 1.11. The van der Waals surface area contributed by atoms with Crippen molar-refractivity contribution in [3.8, 4) is 0 Å². The third kappa shape index (κ3) is 8.70. The maximum absolute atomic E-state index is 13.2. The summed E-state index contributed by atoms with van der Waals surface area (Å²) in [6.45, 7) is 22.3. The standard InChI is InChI=1S/C39H75N5O2/c1-27(2)44(28(3)4)36(46)14-11-29(5)32-12-13-33-37-34(16-18-39(32,33)7)38(6)17-15-31(25-30(38)26-35(37)45)43-24-10-23-42-22-9-21-41-20-8-19-40/h27-35,37,41-43,45H,8-26,40H2,1-7H3/t29-,30?,31+,32-,33?,34?,35-,37?,38+,39-/m1/s1. The first-order chi connectivity index (χ1) is 21.9. The van der Waals surface area contributed by atoms with E-state index in [4.69, 9.17) is 5.73 Å². The van der Waals surface area contributed by atoms with Gasteiger partial charge in [-0.25, -0.2) is 0 Å². The van der Waals surface area contributed by atoms with Crippen LogP contribution in [-0.2, 0) is 4.79 Å². The number of nitrogens with one attached hydrogen (secondary N) is 3. The van der Waals surface area contributed by atoms with Crippen LogP contribution < -0.4 is 21.7 Å². The van der Waals surface area contributed by atoms with E-state index in [2.05, 4.69) is 69.3 Å². The number of carbonyl (C=O) groups excluding carboxylic acids is 1. The minimum atomic E-state index is -0.151. The highest BCUT2D eigenvalue weighted by molar-refractivity contribution is 5.76. The molecule has 0 heterocycles. The summed E-state index contributed by atoms with van der Waals surface area (Å²) >= 11 is 0. The Morgan fingerprint density at radius 3 is 2.09 bits per heavy atom. The first-order valence-corrected chi connectivity index (χ1v) is 19.8. The number of hydrogen-bond acceptors (Lipinski definition) is 6. The Hall–Kier alpha value is -0.730. The zero-order chi connectivity index (χ0) is 33.5. The van der Waals surface area contributed by atoms with Crippen LogP contribution in [0.4, 0.5) is 0 Å². The Balaban J connectivity index is 1.24. The topological polar surface area (TPSA) is 103 Å². The van der Waals surface area contributed by atoms with E-state index in [0.717, 1.165) is 58.5 Å². The number of aliphatic hydroxyl groups excluding tert-OH is 1. The smallest absolute Gasteiger partial charge is 0.223 e. The van der Waals surface area contributed by atoms with Crippen molar-refractivity contribution in [3.63, 3.8) is 0 Å². The molecule has 1 amide bonds. The number of fused-ring (bicyclic) bond motifs is 5. The van der Waals surface area contributed by atoms with E-state index in [0.29, 0.717) is 64.7 Å². The lowest BCUT2D eigenvalue weighted by Gasteiger charge is -2.62. The molecule has 0 bridgehead atoms. The van der Waals surface area contributed by atoms with Crippen LogP contribution in [0.5, 0.6) is 0 Å². The monoisotopic (exact) mass is 646 g/mol. The molecule has 0 aliphatic heterocycles. The highest BCUT2D eigenvalue weighted by Crippen LogP contribution is 2.68. The number of hydrogen-bond donors (Lipinski definition) is 5. The van der Waals surface area contributed by atoms with Crippen molar-refractivity contribution < 1.29 is 9.90 Å². The van der Waals surface area contributed by atoms with Crippen LogP contribution in [0.15, 0.2) is 0 Å². The summed E-state index contributed by atoms with van der Waals surface area (Å²) < 4.78 is 0. The maximum atomic E-state index is 13.2. The van der Waals surface area contributed by atoms with Gasteiger partial charge in [-0.3, -0.25) is 4.79 Å². The van der Waals surface area contributed by atoms with Crippen molar-refractivity contribution in [2.45, 2.75) is 156 Å². The maximum Gasteiger partial charge on any atom is 0.223 e. The van der Waals surface area contributed by atoms with Crippen LogP contribution in [0, 0.1) is 46.3 Å². The van der Waals surface area contributed by atoms with Gasteiger partial charge in [0.05, 0.1) is 6.10 Å². The number of rotatable bonds is 18. The molecular formula is C39H75N5O2. The molecule has 0 radical (unpaired) electrons. The summed E-state index contributed by atoms with van der Waals surface area (Å²) in [7, 11) is 0. The van der Waals surface area contributed by atoms with Crippen LogP contribution in [0.3, 0.4) is 0 Å². The number of amides is 1. The van der Waals surface area contributed by atoms with Crippen molar-refractivity contribution in [1.29, 1.82) is 0 Å². The fourth-order valence-electron chi connectivity index (χ4n) is 11.6. The Kier molecular flexibility index (Phi) is 14.3. The summed E-state index contributed by atoms with van der Waals surface area (Å²) in [5, 5.41) is 22.8. The summed E-state index contributed by atoms with van der Waals surface area (Å²) in [5.41, 5.74) is 6.22. The average molecular weight is 646 g/mol. The first kappa shape index (κ1) is 38.1. The molecule has 46 heavy (non-hydrogen) atoms. The van der Waals surface area contributed by atoms with Gasteiger partial charge in [0.1, 0.15) is 0 Å². The predicted octanol–water partition coefficient (Wildman–Crippen LogP) is 5.94. The molecule has 0 aromatic heterocycles. The van der Waals surface area contributed by atoms with Crippen molar-refractivity contribution >= 4 is 5.91 Å². The predicted molar refractivity (Wildman–Crippen MR) is 193 cm³/mol. The van der Waals surface area contributed by atoms with Crippen molar-refractivity contribution in [2.24, 2.45) is 52.1 Å². The molecule has 0 spiro atoms. The number of carbonyl (C=O) groups is 1. The molecule has 4 aliphatic rings. The SMILES string of the molecule is CC(C)N(C(=O)CC[C@@H](C)[C@H]1CCC2C3C(CC[C@@]21C)[C@@]1(C)CC[C@H](NCCCNCCCNCCCN)CC1C[C@H]3O)C(C)C. The molecule has 0 aromatic carbocycles. The van der Waals surface area contributed by atoms with E-state index >= 15 is 0 Å². The van der Waals surface area contributed by atoms with Gasteiger partial charge in [0.2, 0.25) is 5.91 Å². The van der Waals surface area contributed by atoms with Crippen LogP contribution in [-0.4, -0.2) is 79.4 Å². The van der Waals surface area contributed by atoms with E-state index in [1.165, 1.54) is 57.8 Å². The van der Waals surface area contributed by atoms with Crippen molar-refractivity contribution in [3.05, 3.63) is 0 Å². The molecule has 6 N–H and O–H groups in total. The van der Waals surface area contributed by atoms with Crippen LogP contribution in [0.1, 0.15) is 132 Å². The summed E-state index contributed by atoms with van der Waals surface area (Å²) in [6.07, 6.45) is 14.9. The zero-order valence-electron chi connectivity index (χ0n) is 31.1. The Bertz CT molecular complexity index is 922. The lowest BCUT2D eigenvalue weighted by molar-refractivity contribution is -0.167. The third-order valence-corrected chi connectivity index (χ3v) is 13.9. The van der Waals surface area contributed by atoms with Gasteiger partial charge < -0.3 is 31.7 Å². The molecule has 0 aromatic rings. The van der Waals surface area contributed by atoms with E-state index in [9.17, 15) is 9.90 Å². The van der Waals surface area contributed by atoms with Crippen molar-refractivity contribution in [2.75, 3.05) is 39.3 Å². The Morgan fingerprint density at radius 2 is 1.43 bits per heavy atom. The Labute approximate surface area is 283 Å². The number of aliphatic hydroxyl groups is 1. The van der Waals surface area contributed by atoms with Gasteiger partial charge in [-0.1, -0.05) is 20.8 Å². The molecule has 0 saturated heterocycles. The van der Waals surface area contributed by atoms with E-state index in [-0.39, 0.29) is 18.2 Å². The second-order valence-corrected chi connectivity index (χ2v) is 17.3. The lowest BCUT2D eigenvalue weighted by atomic mass is 9.43. The average Bonchev–Trinajstić information content (AvgIpc) is 3.36. The molecular weight excluding hydrogens is 570 g/mol. The molecule has 10 atom stereocenters. The minimum Gasteiger partial charge on any atom is -0.393 e. The quantitative estimate of drug-likeness (QED) is 0.118. The van der Waals surface area contributed by atoms with Gasteiger partial charge in [0.15, 0.2) is 0 Å². The molecule has 4 saturated carbocycles. The van der Waals surface area contributed by atoms with Crippen LogP contribution in [0.2, 0.25) is 0 Å². The van der Waals surface area contributed by atoms with Gasteiger partial charge in [0.25, 0.3) is 0 Å². The van der Waals surface area contributed by atoms with E-state index < -0.39 is 0 Å². The summed E-state index contributed by atoms with van der Waals surface area (Å²) in [4.78, 5) is 15.2. The van der Waals surface area contributed by atoms with Crippen LogP contribution >= 0.6 is 0 Å². The largest absolute Gasteiger partial charge is 0.393 e. The highest BCUT2D eigenvalue weighted by Gasteiger charge is 2.62.